The molecule has 0 aromatic rings. The quantitative estimate of drug-likeness (QED) is 0.639. The molecule has 2 heterocycles. The molecule has 2 saturated heterocycles. The van der Waals surface area contributed by atoms with Crippen molar-refractivity contribution in [3.05, 3.63) is 0 Å². The highest BCUT2D eigenvalue weighted by molar-refractivity contribution is 5.78. The molecule has 0 spiro atoms. The molecule has 13 heavy (non-hydrogen) atoms. The first-order valence-electron chi connectivity index (χ1n) is 5.10. The van der Waals surface area contributed by atoms with Crippen LogP contribution < -0.4 is 5.32 Å². The van der Waals surface area contributed by atoms with E-state index in [-0.39, 0.29) is 0 Å². The van der Waals surface area contributed by atoms with Crippen molar-refractivity contribution >= 4 is 5.91 Å². The maximum atomic E-state index is 11.6. The summed E-state index contributed by atoms with van der Waals surface area (Å²) in [7, 11) is 1.93. The van der Waals surface area contributed by atoms with E-state index in [0.717, 1.165) is 13.0 Å². The van der Waals surface area contributed by atoms with Crippen LogP contribution in [-0.4, -0.2) is 36.5 Å². The predicted molar refractivity (Wildman–Crippen MR) is 51.3 cm³/mol. The summed E-state index contributed by atoms with van der Waals surface area (Å²) in [6.45, 7) is 5.42. The zero-order valence-electron chi connectivity index (χ0n) is 8.58. The second kappa shape index (κ2) is 2.98. The molecule has 1 amide bonds. The maximum Gasteiger partial charge on any atom is 0.223 e. The van der Waals surface area contributed by atoms with Gasteiger partial charge in [-0.3, -0.25) is 4.79 Å². The Kier molecular flexibility index (Phi) is 2.06. The van der Waals surface area contributed by atoms with Gasteiger partial charge >= 0.3 is 0 Å². The fourth-order valence-electron chi connectivity index (χ4n) is 2.66. The molecule has 0 radical (unpaired) electrons. The third-order valence-electron chi connectivity index (χ3n) is 3.45. The minimum Gasteiger partial charge on any atom is -0.341 e. The first-order chi connectivity index (χ1) is 6.11. The van der Waals surface area contributed by atoms with Crippen LogP contribution in [0.3, 0.4) is 0 Å². The number of piperidine rings is 1. The highest BCUT2D eigenvalue weighted by atomic mass is 16.2. The monoisotopic (exact) mass is 182 g/mol. The van der Waals surface area contributed by atoms with Crippen LogP contribution >= 0.6 is 0 Å². The average Bonchev–Trinajstić information content (AvgIpc) is 2.03. The number of nitrogens with zero attached hydrogens (tertiary/aromatic N) is 1. The van der Waals surface area contributed by atoms with Gasteiger partial charge in [0.2, 0.25) is 5.91 Å². The van der Waals surface area contributed by atoms with Gasteiger partial charge in [-0.2, -0.15) is 0 Å². The maximum absolute atomic E-state index is 11.6. The van der Waals surface area contributed by atoms with Crippen LogP contribution in [0.2, 0.25) is 0 Å². The third kappa shape index (κ3) is 1.26. The topological polar surface area (TPSA) is 32.3 Å². The van der Waals surface area contributed by atoms with Crippen LogP contribution in [0.1, 0.15) is 20.3 Å². The van der Waals surface area contributed by atoms with Gasteiger partial charge in [-0.15, -0.1) is 0 Å². The highest BCUT2D eigenvalue weighted by Crippen LogP contribution is 2.32. The highest BCUT2D eigenvalue weighted by Gasteiger charge is 2.46. The largest absolute Gasteiger partial charge is 0.341 e. The van der Waals surface area contributed by atoms with Gasteiger partial charge in [-0.1, -0.05) is 13.8 Å². The lowest BCUT2D eigenvalue weighted by Gasteiger charge is -2.52. The number of carbonyl (C=O) groups excluding carboxylic acids is 1. The summed E-state index contributed by atoms with van der Waals surface area (Å²) in [5.41, 5.74) is 0. The molecule has 3 heteroatoms. The Balaban J connectivity index is 2.16. The molecule has 3 nitrogen and oxygen atoms in total. The summed E-state index contributed by atoms with van der Waals surface area (Å²) >= 11 is 0. The van der Waals surface area contributed by atoms with E-state index in [4.69, 9.17) is 0 Å². The Hall–Kier alpha value is -0.570. The SMILES string of the molecule is CC(C)C1C2NCC2CC(=O)N1C. The fraction of sp³-hybridized carbons (Fsp3) is 0.900. The van der Waals surface area contributed by atoms with Gasteiger partial charge in [-0.05, 0) is 11.8 Å². The molecule has 0 aromatic carbocycles. The van der Waals surface area contributed by atoms with Crippen molar-refractivity contribution in [3.63, 3.8) is 0 Å². The van der Waals surface area contributed by atoms with Gasteiger partial charge in [0.1, 0.15) is 0 Å². The van der Waals surface area contributed by atoms with Crippen LogP contribution in [0, 0.1) is 11.8 Å². The van der Waals surface area contributed by atoms with Gasteiger partial charge in [-0.25, -0.2) is 0 Å². The summed E-state index contributed by atoms with van der Waals surface area (Å²) < 4.78 is 0. The Morgan fingerprint density at radius 1 is 1.54 bits per heavy atom. The predicted octanol–water partition coefficient (Wildman–Crippen LogP) is 0.461. The first-order valence-corrected chi connectivity index (χ1v) is 5.10. The number of likely N-dealkylation sites (tertiary alicyclic amines) is 1. The fourth-order valence-corrected chi connectivity index (χ4v) is 2.66. The normalized spacial score (nSPS) is 38.9. The van der Waals surface area contributed by atoms with E-state index in [1.165, 1.54) is 0 Å². The number of rotatable bonds is 1. The lowest BCUT2D eigenvalue weighted by molar-refractivity contribution is -0.142. The minimum atomic E-state index is 0.321. The standard InChI is InChI=1S/C10H18N2O/c1-6(2)10-9-7(5-11-9)4-8(13)12(10)3/h6-7,9-11H,4-5H2,1-3H3. The van der Waals surface area contributed by atoms with E-state index in [1.54, 1.807) is 0 Å². The Morgan fingerprint density at radius 3 is 2.69 bits per heavy atom. The molecule has 2 fully saturated rings. The molecule has 2 aliphatic rings. The van der Waals surface area contributed by atoms with E-state index in [9.17, 15) is 4.79 Å². The van der Waals surface area contributed by atoms with Crippen LogP contribution in [-0.2, 0) is 4.79 Å². The molecular formula is C10H18N2O. The molecular weight excluding hydrogens is 164 g/mol. The molecule has 0 aliphatic carbocycles. The van der Waals surface area contributed by atoms with E-state index in [2.05, 4.69) is 19.2 Å². The van der Waals surface area contributed by atoms with E-state index >= 15 is 0 Å². The van der Waals surface area contributed by atoms with Crippen molar-refractivity contribution in [2.45, 2.75) is 32.4 Å². The summed E-state index contributed by atoms with van der Waals surface area (Å²) in [5.74, 6) is 1.48. The van der Waals surface area contributed by atoms with Gasteiger partial charge < -0.3 is 10.2 Å². The van der Waals surface area contributed by atoms with Crippen LogP contribution in [0.15, 0.2) is 0 Å². The van der Waals surface area contributed by atoms with Gasteiger partial charge in [0.15, 0.2) is 0 Å². The summed E-state index contributed by atoms with van der Waals surface area (Å²) in [6.07, 6.45) is 0.747. The van der Waals surface area contributed by atoms with Crippen molar-refractivity contribution in [1.29, 1.82) is 0 Å². The Bertz CT molecular complexity index is 227. The van der Waals surface area contributed by atoms with Crippen LogP contribution in [0.25, 0.3) is 0 Å². The smallest absolute Gasteiger partial charge is 0.223 e. The summed E-state index contributed by atoms with van der Waals surface area (Å²) in [6, 6.07) is 0.961. The zero-order chi connectivity index (χ0) is 9.59. The summed E-state index contributed by atoms with van der Waals surface area (Å²) in [4.78, 5) is 13.5. The average molecular weight is 182 g/mol. The molecule has 0 aromatic heterocycles. The number of fused-ring (bicyclic) bond motifs is 1. The Labute approximate surface area is 79.5 Å². The third-order valence-corrected chi connectivity index (χ3v) is 3.45. The second-order valence-electron chi connectivity index (χ2n) is 4.64. The molecule has 2 aliphatic heterocycles. The van der Waals surface area contributed by atoms with Crippen molar-refractivity contribution < 1.29 is 4.79 Å². The van der Waals surface area contributed by atoms with E-state index in [0.29, 0.717) is 29.8 Å². The first kappa shape index (κ1) is 9.00. The lowest BCUT2D eigenvalue weighted by atomic mass is 9.75. The van der Waals surface area contributed by atoms with Gasteiger partial charge in [0, 0.05) is 32.1 Å². The second-order valence-corrected chi connectivity index (χ2v) is 4.64. The number of likely N-dealkylation sites (N-methyl/N-ethyl adjacent to an activating group) is 1. The van der Waals surface area contributed by atoms with Crippen molar-refractivity contribution in [2.75, 3.05) is 13.6 Å². The lowest BCUT2D eigenvalue weighted by Crippen LogP contribution is -2.69. The van der Waals surface area contributed by atoms with Crippen molar-refractivity contribution in [1.82, 2.24) is 10.2 Å². The van der Waals surface area contributed by atoms with Crippen LogP contribution in [0.4, 0.5) is 0 Å². The van der Waals surface area contributed by atoms with Gasteiger partial charge in [0.05, 0.1) is 0 Å². The van der Waals surface area contributed by atoms with Crippen molar-refractivity contribution in [2.24, 2.45) is 11.8 Å². The molecule has 3 unspecified atom stereocenters. The number of nitrogens with one attached hydrogen (secondary N) is 1. The Morgan fingerprint density at radius 2 is 2.23 bits per heavy atom. The number of hydrogen-bond donors (Lipinski definition) is 1. The number of carbonyl (C=O) groups is 1. The molecule has 74 valence electrons. The summed E-state index contributed by atoms with van der Waals surface area (Å²) in [5, 5.41) is 3.44. The van der Waals surface area contributed by atoms with Gasteiger partial charge in [0.25, 0.3) is 0 Å². The van der Waals surface area contributed by atoms with Crippen LogP contribution in [0.5, 0.6) is 0 Å². The molecule has 2 rings (SSSR count). The number of amides is 1. The van der Waals surface area contributed by atoms with E-state index in [1.807, 2.05) is 11.9 Å². The number of hydrogen-bond acceptors (Lipinski definition) is 2. The van der Waals surface area contributed by atoms with Crippen molar-refractivity contribution in [3.8, 4) is 0 Å². The molecule has 1 N–H and O–H groups in total. The zero-order valence-corrected chi connectivity index (χ0v) is 8.58. The molecule has 0 bridgehead atoms. The molecule has 3 atom stereocenters. The van der Waals surface area contributed by atoms with E-state index < -0.39 is 0 Å². The molecule has 0 saturated carbocycles. The minimum absolute atomic E-state index is 0.321.